The van der Waals surface area contributed by atoms with Crippen molar-refractivity contribution < 1.29 is 4.74 Å². The van der Waals surface area contributed by atoms with E-state index >= 15 is 0 Å². The molecule has 6 nitrogen and oxygen atoms in total. The van der Waals surface area contributed by atoms with Crippen LogP contribution in [0.5, 0.6) is 0 Å². The number of nitrogens with two attached hydrogens (primary N) is 1. The summed E-state index contributed by atoms with van der Waals surface area (Å²) in [6.07, 6.45) is 5.40. The number of aromatic nitrogens is 2. The van der Waals surface area contributed by atoms with E-state index in [9.17, 15) is 0 Å². The molecule has 1 aromatic heterocycles. The Morgan fingerprint density at radius 2 is 2.42 bits per heavy atom. The monoisotopic (exact) mass is 263 g/mol. The van der Waals surface area contributed by atoms with Gasteiger partial charge >= 0.3 is 0 Å². The Labute approximate surface area is 113 Å². The Hall–Kier alpha value is -1.40. The largest absolute Gasteiger partial charge is 0.376 e. The zero-order valence-electron chi connectivity index (χ0n) is 11.1. The van der Waals surface area contributed by atoms with Crippen molar-refractivity contribution in [1.29, 1.82) is 0 Å². The highest BCUT2D eigenvalue weighted by molar-refractivity contribution is 5.43. The van der Waals surface area contributed by atoms with Crippen LogP contribution in [0.2, 0.25) is 0 Å². The molecule has 3 rings (SSSR count). The Kier molecular flexibility index (Phi) is 3.79. The van der Waals surface area contributed by atoms with Crippen molar-refractivity contribution >= 4 is 11.8 Å². The lowest BCUT2D eigenvalue weighted by atomic mass is 10.2. The molecule has 1 unspecified atom stereocenters. The molecule has 0 radical (unpaired) electrons. The smallest absolute Gasteiger partial charge is 0.224 e. The van der Waals surface area contributed by atoms with Gasteiger partial charge in [0.05, 0.1) is 6.10 Å². The summed E-state index contributed by atoms with van der Waals surface area (Å²) >= 11 is 0. The first kappa shape index (κ1) is 12.6. The van der Waals surface area contributed by atoms with Crippen LogP contribution in [0.15, 0.2) is 12.3 Å². The summed E-state index contributed by atoms with van der Waals surface area (Å²) in [6.45, 7) is 3.51. The third-order valence-corrected chi connectivity index (χ3v) is 3.70. The van der Waals surface area contributed by atoms with Crippen LogP contribution < -0.4 is 16.0 Å². The molecule has 3 N–H and O–H groups in total. The van der Waals surface area contributed by atoms with Crippen molar-refractivity contribution in [3.63, 3.8) is 0 Å². The Morgan fingerprint density at radius 3 is 3.16 bits per heavy atom. The average molecular weight is 263 g/mol. The van der Waals surface area contributed by atoms with Crippen molar-refractivity contribution in [2.24, 2.45) is 5.73 Å². The first-order chi connectivity index (χ1) is 9.31. The van der Waals surface area contributed by atoms with Crippen LogP contribution in [0, 0.1) is 0 Å². The molecule has 2 aliphatic rings. The second-order valence-electron chi connectivity index (χ2n) is 5.25. The van der Waals surface area contributed by atoms with E-state index in [-0.39, 0.29) is 6.04 Å². The van der Waals surface area contributed by atoms with E-state index in [0.29, 0.717) is 12.1 Å². The summed E-state index contributed by atoms with van der Waals surface area (Å²) < 4.78 is 5.57. The molecular weight excluding hydrogens is 242 g/mol. The van der Waals surface area contributed by atoms with Gasteiger partial charge in [0.15, 0.2) is 0 Å². The topological polar surface area (TPSA) is 76.3 Å². The second kappa shape index (κ2) is 5.71. The van der Waals surface area contributed by atoms with Crippen molar-refractivity contribution in [3.05, 3.63) is 12.3 Å². The third-order valence-electron chi connectivity index (χ3n) is 3.70. The first-order valence-corrected chi connectivity index (χ1v) is 7.00. The molecule has 0 amide bonds. The number of hydrogen-bond donors (Lipinski definition) is 2. The van der Waals surface area contributed by atoms with Gasteiger partial charge in [-0.2, -0.15) is 4.98 Å². The molecule has 2 saturated heterocycles. The average Bonchev–Trinajstić information content (AvgIpc) is 3.08. The number of nitrogens with one attached hydrogen (secondary N) is 1. The van der Waals surface area contributed by atoms with Crippen LogP contribution in [-0.4, -0.2) is 48.4 Å². The predicted molar refractivity (Wildman–Crippen MR) is 74.3 cm³/mol. The fourth-order valence-corrected chi connectivity index (χ4v) is 2.62. The van der Waals surface area contributed by atoms with Gasteiger partial charge in [-0.15, -0.1) is 0 Å². The first-order valence-electron chi connectivity index (χ1n) is 7.00. The van der Waals surface area contributed by atoms with Crippen LogP contribution >= 0.6 is 0 Å². The number of rotatable bonds is 4. The molecule has 3 heterocycles. The molecule has 0 saturated carbocycles. The van der Waals surface area contributed by atoms with E-state index in [0.717, 1.165) is 51.3 Å². The van der Waals surface area contributed by atoms with Gasteiger partial charge in [-0.3, -0.25) is 0 Å². The van der Waals surface area contributed by atoms with Gasteiger partial charge in [-0.05, 0) is 25.3 Å². The summed E-state index contributed by atoms with van der Waals surface area (Å²) in [7, 11) is 0. The minimum absolute atomic E-state index is 0.262. The number of ether oxygens (including phenoxy) is 1. The Balaban J connectivity index is 1.59. The zero-order valence-corrected chi connectivity index (χ0v) is 11.1. The summed E-state index contributed by atoms with van der Waals surface area (Å²) in [6, 6.07) is 2.20. The molecule has 1 aromatic rings. The molecule has 0 spiro atoms. The summed E-state index contributed by atoms with van der Waals surface area (Å²) in [5.74, 6) is 1.63. The van der Waals surface area contributed by atoms with Gasteiger partial charge in [0.1, 0.15) is 5.82 Å². The van der Waals surface area contributed by atoms with Crippen molar-refractivity contribution in [3.8, 4) is 0 Å². The van der Waals surface area contributed by atoms with Gasteiger partial charge in [-0.25, -0.2) is 4.98 Å². The molecule has 0 aromatic carbocycles. The SMILES string of the molecule is N[C@@H]1CCN(c2ccnc(NCC3CCCO3)n2)C1. The van der Waals surface area contributed by atoms with E-state index < -0.39 is 0 Å². The van der Waals surface area contributed by atoms with Crippen LogP contribution in [-0.2, 0) is 4.74 Å². The lowest BCUT2D eigenvalue weighted by Gasteiger charge is -2.17. The highest BCUT2D eigenvalue weighted by atomic mass is 16.5. The van der Waals surface area contributed by atoms with Crippen LogP contribution in [0.25, 0.3) is 0 Å². The molecule has 6 heteroatoms. The quantitative estimate of drug-likeness (QED) is 0.828. The van der Waals surface area contributed by atoms with E-state index in [4.69, 9.17) is 10.5 Å². The molecule has 0 bridgehead atoms. The van der Waals surface area contributed by atoms with Gasteiger partial charge < -0.3 is 20.7 Å². The van der Waals surface area contributed by atoms with Gasteiger partial charge in [0.2, 0.25) is 5.95 Å². The minimum Gasteiger partial charge on any atom is -0.376 e. The van der Waals surface area contributed by atoms with E-state index in [1.54, 1.807) is 6.20 Å². The summed E-state index contributed by atoms with van der Waals surface area (Å²) in [5, 5.41) is 3.26. The highest BCUT2D eigenvalue weighted by Gasteiger charge is 2.21. The molecule has 104 valence electrons. The fraction of sp³-hybridized carbons (Fsp3) is 0.692. The Bertz CT molecular complexity index is 421. The van der Waals surface area contributed by atoms with Gasteiger partial charge in [0.25, 0.3) is 0 Å². The molecule has 19 heavy (non-hydrogen) atoms. The van der Waals surface area contributed by atoms with Gasteiger partial charge in [-0.1, -0.05) is 0 Å². The maximum Gasteiger partial charge on any atom is 0.224 e. The molecule has 0 aliphatic carbocycles. The lowest BCUT2D eigenvalue weighted by Crippen LogP contribution is -2.27. The molecule has 2 fully saturated rings. The predicted octanol–water partition coefficient (Wildman–Crippen LogP) is 0.605. The van der Waals surface area contributed by atoms with Crippen LogP contribution in [0.1, 0.15) is 19.3 Å². The maximum absolute atomic E-state index is 5.92. The van der Waals surface area contributed by atoms with E-state index in [1.165, 1.54) is 0 Å². The van der Waals surface area contributed by atoms with Crippen LogP contribution in [0.3, 0.4) is 0 Å². The molecule has 2 atom stereocenters. The minimum atomic E-state index is 0.262. The summed E-state index contributed by atoms with van der Waals surface area (Å²) in [5.41, 5.74) is 5.92. The van der Waals surface area contributed by atoms with Crippen molar-refractivity contribution in [1.82, 2.24) is 9.97 Å². The summed E-state index contributed by atoms with van der Waals surface area (Å²) in [4.78, 5) is 11.0. The van der Waals surface area contributed by atoms with E-state index in [2.05, 4.69) is 20.2 Å². The molecule has 2 aliphatic heterocycles. The Morgan fingerprint density at radius 1 is 1.47 bits per heavy atom. The van der Waals surface area contributed by atoms with Crippen molar-refractivity contribution in [2.45, 2.75) is 31.4 Å². The maximum atomic E-state index is 5.92. The standard InChI is InChI=1S/C13H21N5O/c14-10-4-6-18(9-10)12-3-5-15-13(17-12)16-8-11-2-1-7-19-11/h3,5,10-11H,1-2,4,6-9,14H2,(H,15,16,17)/t10-,11?/m1/s1. The lowest BCUT2D eigenvalue weighted by molar-refractivity contribution is 0.120. The number of anilines is 2. The van der Waals surface area contributed by atoms with E-state index in [1.807, 2.05) is 6.07 Å². The number of nitrogens with zero attached hydrogens (tertiary/aromatic N) is 3. The normalized spacial score (nSPS) is 26.9. The number of hydrogen-bond acceptors (Lipinski definition) is 6. The third kappa shape index (κ3) is 3.13. The zero-order chi connectivity index (χ0) is 13.1. The van der Waals surface area contributed by atoms with Crippen molar-refractivity contribution in [2.75, 3.05) is 36.5 Å². The van der Waals surface area contributed by atoms with Gasteiger partial charge in [0, 0.05) is 38.5 Å². The fourth-order valence-electron chi connectivity index (χ4n) is 2.62. The molecular formula is C13H21N5O. The highest BCUT2D eigenvalue weighted by Crippen LogP contribution is 2.18. The van der Waals surface area contributed by atoms with Crippen LogP contribution in [0.4, 0.5) is 11.8 Å². The second-order valence-corrected chi connectivity index (χ2v) is 5.25.